The molecule has 2 saturated heterocycles. The van der Waals surface area contributed by atoms with Crippen molar-refractivity contribution in [3.63, 3.8) is 0 Å². The molecule has 8 rings (SSSR count). The molecule has 5 aromatic rings. The molecule has 0 atom stereocenters. The van der Waals surface area contributed by atoms with Gasteiger partial charge >= 0.3 is 0 Å². The van der Waals surface area contributed by atoms with Crippen LogP contribution in [-0.2, 0) is 4.74 Å². The molecule has 0 unspecified atom stereocenters. The van der Waals surface area contributed by atoms with Crippen LogP contribution < -0.4 is 20.9 Å². The minimum atomic E-state index is 0.565. The maximum absolute atomic E-state index is 5.54. The van der Waals surface area contributed by atoms with Gasteiger partial charge < -0.3 is 30.6 Å². The second kappa shape index (κ2) is 9.50. The minimum absolute atomic E-state index is 0.565. The number of nitrogens with one attached hydrogen (secondary N) is 4. The second-order valence-electron chi connectivity index (χ2n) is 11.5. The highest BCUT2D eigenvalue weighted by Gasteiger charge is 2.48. The second-order valence-corrected chi connectivity index (χ2v) is 11.5. The van der Waals surface area contributed by atoms with Crippen molar-refractivity contribution in [2.75, 3.05) is 54.9 Å². The third kappa shape index (κ3) is 4.33. The van der Waals surface area contributed by atoms with Crippen LogP contribution in [0.25, 0.3) is 33.3 Å². The van der Waals surface area contributed by atoms with Crippen LogP contribution >= 0.6 is 0 Å². The van der Waals surface area contributed by atoms with Crippen molar-refractivity contribution in [2.24, 2.45) is 5.41 Å². The highest BCUT2D eigenvalue weighted by Crippen LogP contribution is 2.45. The molecule has 3 aromatic carbocycles. The number of morpholine rings is 1. The molecular weight excluding hydrogens is 498 g/mol. The van der Waals surface area contributed by atoms with Crippen molar-refractivity contribution in [2.45, 2.75) is 18.9 Å². The number of rotatable bonds is 6. The van der Waals surface area contributed by atoms with Gasteiger partial charge in [-0.15, -0.1) is 0 Å². The highest BCUT2D eigenvalue weighted by molar-refractivity contribution is 5.95. The van der Waals surface area contributed by atoms with Crippen molar-refractivity contribution in [3.8, 4) is 11.4 Å². The Kier molecular flexibility index (Phi) is 5.63. The monoisotopic (exact) mass is 531 g/mol. The Morgan fingerprint density at radius 2 is 1.77 bits per heavy atom. The summed E-state index contributed by atoms with van der Waals surface area (Å²) in [6.45, 7) is 5.70. The Bertz CT molecular complexity index is 1690. The van der Waals surface area contributed by atoms with Crippen LogP contribution in [0, 0.1) is 5.41 Å². The molecule has 0 amide bonds. The van der Waals surface area contributed by atoms with E-state index < -0.39 is 0 Å². The summed E-state index contributed by atoms with van der Waals surface area (Å²) in [5, 5.41) is 11.9. The molecule has 4 N–H and O–H groups in total. The van der Waals surface area contributed by atoms with Crippen molar-refractivity contribution in [3.05, 3.63) is 72.9 Å². The fraction of sp³-hybridized carbons (Fsp3) is 0.312. The molecule has 1 saturated carbocycles. The first-order valence-electron chi connectivity index (χ1n) is 14.3. The van der Waals surface area contributed by atoms with E-state index in [1.165, 1.54) is 31.6 Å². The fourth-order valence-electron chi connectivity index (χ4n) is 6.49. The van der Waals surface area contributed by atoms with E-state index in [1.54, 1.807) is 0 Å². The van der Waals surface area contributed by atoms with Gasteiger partial charge in [0.2, 0.25) is 0 Å². The molecule has 1 aliphatic carbocycles. The molecule has 40 heavy (non-hydrogen) atoms. The Morgan fingerprint density at radius 3 is 2.62 bits per heavy atom. The molecular formula is C32H33N7O. The number of benzene rings is 3. The maximum Gasteiger partial charge on any atom is 0.138 e. The highest BCUT2D eigenvalue weighted by atomic mass is 16.5. The van der Waals surface area contributed by atoms with E-state index in [9.17, 15) is 0 Å². The molecule has 8 nitrogen and oxygen atoms in total. The summed E-state index contributed by atoms with van der Waals surface area (Å²) < 4.78 is 5.54. The Hall–Kier alpha value is -4.14. The maximum atomic E-state index is 5.54. The van der Waals surface area contributed by atoms with Crippen molar-refractivity contribution < 1.29 is 4.74 Å². The number of H-pyrrole nitrogens is 1. The van der Waals surface area contributed by atoms with Gasteiger partial charge in [0.15, 0.2) is 0 Å². The van der Waals surface area contributed by atoms with Crippen LogP contribution in [0.1, 0.15) is 12.8 Å². The molecule has 3 fully saturated rings. The predicted molar refractivity (Wildman–Crippen MR) is 162 cm³/mol. The lowest BCUT2D eigenvalue weighted by Crippen LogP contribution is -2.63. The summed E-state index contributed by atoms with van der Waals surface area (Å²) in [5.41, 5.74) is 9.01. The molecule has 3 aliphatic rings. The number of imidazole rings is 1. The van der Waals surface area contributed by atoms with Gasteiger partial charge in [0.1, 0.15) is 5.82 Å². The minimum Gasteiger partial charge on any atom is -0.382 e. The fourth-order valence-corrected chi connectivity index (χ4v) is 6.49. The first-order chi connectivity index (χ1) is 19.7. The molecule has 0 radical (unpaired) electrons. The van der Waals surface area contributed by atoms with Gasteiger partial charge in [-0.25, -0.2) is 4.98 Å². The summed E-state index contributed by atoms with van der Waals surface area (Å²) in [5.74, 6) is 0.869. The van der Waals surface area contributed by atoms with Gasteiger partial charge in [-0.2, -0.15) is 0 Å². The third-order valence-electron chi connectivity index (χ3n) is 8.73. The van der Waals surface area contributed by atoms with Crippen LogP contribution in [-0.4, -0.2) is 60.4 Å². The number of pyridine rings is 1. The largest absolute Gasteiger partial charge is 0.382 e. The van der Waals surface area contributed by atoms with Gasteiger partial charge in [-0.05, 0) is 72.9 Å². The van der Waals surface area contributed by atoms with E-state index in [2.05, 4.69) is 91.5 Å². The lowest BCUT2D eigenvalue weighted by molar-refractivity contribution is 0.0470. The van der Waals surface area contributed by atoms with Crippen molar-refractivity contribution in [1.82, 2.24) is 20.3 Å². The molecule has 4 heterocycles. The number of hydrogen-bond donors (Lipinski definition) is 4. The first-order valence-corrected chi connectivity index (χ1v) is 14.3. The Balaban J connectivity index is 1.03. The lowest BCUT2D eigenvalue weighted by Gasteiger charge is -2.54. The average Bonchev–Trinajstić information content (AvgIpc) is 3.38. The number of aromatic amines is 1. The van der Waals surface area contributed by atoms with E-state index in [1.807, 2.05) is 12.3 Å². The molecule has 2 aromatic heterocycles. The summed E-state index contributed by atoms with van der Waals surface area (Å²) in [6, 6.07) is 24.0. The van der Waals surface area contributed by atoms with E-state index >= 15 is 0 Å². The average molecular weight is 532 g/mol. The molecule has 1 spiro atoms. The Morgan fingerprint density at radius 1 is 0.900 bits per heavy atom. The zero-order valence-corrected chi connectivity index (χ0v) is 22.4. The van der Waals surface area contributed by atoms with Gasteiger partial charge in [0, 0.05) is 72.1 Å². The van der Waals surface area contributed by atoms with Gasteiger partial charge in [-0.3, -0.25) is 4.98 Å². The first kappa shape index (κ1) is 23.7. The number of anilines is 4. The normalized spacial score (nSPS) is 18.6. The Labute approximate surface area is 233 Å². The van der Waals surface area contributed by atoms with E-state index in [0.717, 1.165) is 76.7 Å². The number of nitrogens with zero attached hydrogens (tertiary/aromatic N) is 3. The van der Waals surface area contributed by atoms with Crippen molar-refractivity contribution >= 4 is 44.7 Å². The zero-order valence-electron chi connectivity index (χ0n) is 22.4. The van der Waals surface area contributed by atoms with E-state index in [0.29, 0.717) is 11.5 Å². The van der Waals surface area contributed by atoms with Gasteiger partial charge in [-0.1, -0.05) is 12.1 Å². The van der Waals surface area contributed by atoms with Crippen LogP contribution in [0.2, 0.25) is 0 Å². The smallest absolute Gasteiger partial charge is 0.138 e. The molecule has 2 aliphatic heterocycles. The number of ether oxygens (including phenoxy) is 1. The summed E-state index contributed by atoms with van der Waals surface area (Å²) in [4.78, 5) is 15.4. The van der Waals surface area contributed by atoms with Crippen LogP contribution in [0.3, 0.4) is 0 Å². The SMILES string of the molecule is c1cc(Nc2ccnc3ccc(N4CCOCC4)cc23)cc(-c2nc3ccc(NC4CC5(CNC5)C4)cc3[nH]2)c1. The van der Waals surface area contributed by atoms with Crippen molar-refractivity contribution in [1.29, 1.82) is 0 Å². The lowest BCUT2D eigenvalue weighted by atomic mass is 9.61. The van der Waals surface area contributed by atoms with Crippen LogP contribution in [0.15, 0.2) is 72.9 Å². The topological polar surface area (TPSA) is 90.1 Å². The zero-order chi connectivity index (χ0) is 26.5. The van der Waals surface area contributed by atoms with Crippen LogP contribution in [0.4, 0.5) is 22.7 Å². The molecule has 0 bridgehead atoms. The summed E-state index contributed by atoms with van der Waals surface area (Å²) in [7, 11) is 0. The third-order valence-corrected chi connectivity index (χ3v) is 8.73. The van der Waals surface area contributed by atoms with Crippen LogP contribution in [0.5, 0.6) is 0 Å². The number of hydrogen-bond acceptors (Lipinski definition) is 7. The molecule has 8 heteroatoms. The number of aromatic nitrogens is 3. The van der Waals surface area contributed by atoms with E-state index in [4.69, 9.17) is 9.72 Å². The number of fused-ring (bicyclic) bond motifs is 2. The summed E-state index contributed by atoms with van der Waals surface area (Å²) >= 11 is 0. The molecule has 202 valence electrons. The standard InChI is InChI=1S/C32H33N7O/c1-2-21(31-37-29-6-4-23(15-30(29)38-31)35-24-17-32(18-24)19-33-20-32)14-22(3-1)36-28-8-9-34-27-7-5-25(16-26(27)28)39-10-12-40-13-11-39/h1-9,14-16,24,33,35H,10-13,17-20H2,(H,34,36)(H,37,38). The van der Waals surface area contributed by atoms with Gasteiger partial charge in [0.05, 0.1) is 29.8 Å². The summed E-state index contributed by atoms with van der Waals surface area (Å²) in [6.07, 6.45) is 4.38. The predicted octanol–water partition coefficient (Wildman–Crippen LogP) is 5.52. The quantitative estimate of drug-likeness (QED) is 0.229. The van der Waals surface area contributed by atoms with E-state index in [-0.39, 0.29) is 0 Å². The van der Waals surface area contributed by atoms with Gasteiger partial charge in [0.25, 0.3) is 0 Å².